The van der Waals surface area contributed by atoms with E-state index in [1.54, 1.807) is 12.4 Å². The van der Waals surface area contributed by atoms with Crippen LogP contribution < -0.4 is 5.32 Å². The van der Waals surface area contributed by atoms with Gasteiger partial charge in [-0.25, -0.2) is 0 Å². The molecule has 5 heteroatoms. The van der Waals surface area contributed by atoms with E-state index in [-0.39, 0.29) is 5.91 Å². The minimum atomic E-state index is 0.0424. The van der Waals surface area contributed by atoms with E-state index >= 15 is 0 Å². The topological polar surface area (TPSA) is 42.0 Å². The molecule has 1 aromatic carbocycles. The largest absolute Gasteiger partial charge is 0.355 e. The van der Waals surface area contributed by atoms with Crippen LogP contribution in [-0.2, 0) is 11.2 Å². The molecule has 0 unspecified atom stereocenters. The number of rotatable bonds is 6. The molecule has 0 aliphatic rings. The maximum atomic E-state index is 11.7. The minimum absolute atomic E-state index is 0.0424. The van der Waals surface area contributed by atoms with Crippen LogP contribution in [0.2, 0.25) is 5.02 Å². The number of thioether (sulfide) groups is 1. The highest BCUT2D eigenvalue weighted by Crippen LogP contribution is 2.15. The predicted octanol–water partition coefficient (Wildman–Crippen LogP) is 3.19. The van der Waals surface area contributed by atoms with Gasteiger partial charge < -0.3 is 5.32 Å². The van der Waals surface area contributed by atoms with Gasteiger partial charge in [-0.1, -0.05) is 23.7 Å². The lowest BCUT2D eigenvalue weighted by Crippen LogP contribution is -2.27. The zero-order valence-electron chi connectivity index (χ0n) is 10.9. The Balaban J connectivity index is 1.66. The lowest BCUT2D eigenvalue weighted by atomic mass is 10.1. The van der Waals surface area contributed by atoms with E-state index in [0.29, 0.717) is 12.3 Å². The van der Waals surface area contributed by atoms with E-state index < -0.39 is 0 Å². The molecule has 1 amide bonds. The maximum absolute atomic E-state index is 11.7. The van der Waals surface area contributed by atoms with Gasteiger partial charge in [0.15, 0.2) is 0 Å². The Bertz CT molecular complexity index is 546. The Morgan fingerprint density at radius 2 is 1.85 bits per heavy atom. The maximum Gasteiger partial charge on any atom is 0.230 e. The van der Waals surface area contributed by atoms with Crippen LogP contribution in [0.1, 0.15) is 5.56 Å². The Labute approximate surface area is 127 Å². The number of hydrogen-bond acceptors (Lipinski definition) is 3. The molecule has 0 aliphatic carbocycles. The van der Waals surface area contributed by atoms with Crippen molar-refractivity contribution in [3.63, 3.8) is 0 Å². The van der Waals surface area contributed by atoms with Crippen LogP contribution in [0, 0.1) is 0 Å². The van der Waals surface area contributed by atoms with Crippen molar-refractivity contribution < 1.29 is 4.79 Å². The summed E-state index contributed by atoms with van der Waals surface area (Å²) in [5.74, 6) is 0.464. The number of hydrogen-bond donors (Lipinski definition) is 1. The van der Waals surface area contributed by atoms with E-state index in [2.05, 4.69) is 10.3 Å². The fourth-order valence-corrected chi connectivity index (χ4v) is 2.47. The normalized spacial score (nSPS) is 10.2. The van der Waals surface area contributed by atoms with Crippen molar-refractivity contribution in [1.82, 2.24) is 10.3 Å². The van der Waals surface area contributed by atoms with Gasteiger partial charge in [0.2, 0.25) is 5.91 Å². The van der Waals surface area contributed by atoms with E-state index in [4.69, 9.17) is 11.6 Å². The summed E-state index contributed by atoms with van der Waals surface area (Å²) in [5.41, 5.74) is 1.16. The van der Waals surface area contributed by atoms with E-state index in [1.807, 2.05) is 36.4 Å². The third-order valence-electron chi connectivity index (χ3n) is 2.67. The molecule has 20 heavy (non-hydrogen) atoms. The van der Waals surface area contributed by atoms with Gasteiger partial charge in [-0.2, -0.15) is 0 Å². The molecule has 0 saturated heterocycles. The fraction of sp³-hybridized carbons (Fsp3) is 0.200. The molecule has 0 spiro atoms. The number of nitrogens with one attached hydrogen (secondary N) is 1. The number of amides is 1. The highest BCUT2D eigenvalue weighted by atomic mass is 35.5. The zero-order valence-corrected chi connectivity index (χ0v) is 12.5. The van der Waals surface area contributed by atoms with Gasteiger partial charge >= 0.3 is 0 Å². The molecule has 3 nitrogen and oxygen atoms in total. The third kappa shape index (κ3) is 5.23. The number of carbonyl (C=O) groups is 1. The second-order valence-corrected chi connectivity index (χ2v) is 5.68. The van der Waals surface area contributed by atoms with Crippen LogP contribution >= 0.6 is 23.4 Å². The number of carbonyl (C=O) groups excluding carboxylic acids is 1. The smallest absolute Gasteiger partial charge is 0.230 e. The highest BCUT2D eigenvalue weighted by Gasteiger charge is 2.02. The first-order valence-electron chi connectivity index (χ1n) is 6.28. The number of benzene rings is 1. The van der Waals surface area contributed by atoms with Crippen molar-refractivity contribution in [1.29, 1.82) is 0 Å². The summed E-state index contributed by atoms with van der Waals surface area (Å²) in [6.07, 6.45) is 4.25. The van der Waals surface area contributed by atoms with Crippen LogP contribution in [0.25, 0.3) is 0 Å². The monoisotopic (exact) mass is 306 g/mol. The molecule has 0 radical (unpaired) electrons. The summed E-state index contributed by atoms with van der Waals surface area (Å²) < 4.78 is 0. The molecule has 2 aromatic rings. The molecular formula is C15H15ClN2OS. The third-order valence-corrected chi connectivity index (χ3v) is 3.93. The summed E-state index contributed by atoms with van der Waals surface area (Å²) in [7, 11) is 0. The average Bonchev–Trinajstić information content (AvgIpc) is 2.48. The molecule has 2 rings (SSSR count). The van der Waals surface area contributed by atoms with Crippen LogP contribution in [-0.4, -0.2) is 23.2 Å². The molecule has 0 fully saturated rings. The second-order valence-electron chi connectivity index (χ2n) is 4.20. The van der Waals surface area contributed by atoms with E-state index in [9.17, 15) is 4.79 Å². The lowest BCUT2D eigenvalue weighted by Gasteiger charge is -2.05. The van der Waals surface area contributed by atoms with Crippen molar-refractivity contribution >= 4 is 29.3 Å². The molecule has 0 aliphatic heterocycles. The summed E-state index contributed by atoms with van der Waals surface area (Å²) in [6, 6.07) is 11.5. The van der Waals surface area contributed by atoms with Crippen LogP contribution in [0.4, 0.5) is 0 Å². The van der Waals surface area contributed by atoms with Crippen LogP contribution in [0.15, 0.2) is 53.7 Å². The van der Waals surface area contributed by atoms with Gasteiger partial charge in [0.25, 0.3) is 0 Å². The van der Waals surface area contributed by atoms with Crippen molar-refractivity contribution in [2.75, 3.05) is 12.3 Å². The quantitative estimate of drug-likeness (QED) is 0.833. The first-order chi connectivity index (χ1) is 9.74. The van der Waals surface area contributed by atoms with Crippen molar-refractivity contribution in [3.8, 4) is 0 Å². The molecular weight excluding hydrogens is 292 g/mol. The number of aromatic nitrogens is 1. The first kappa shape index (κ1) is 14.9. The van der Waals surface area contributed by atoms with Crippen molar-refractivity contribution in [2.45, 2.75) is 11.3 Å². The zero-order chi connectivity index (χ0) is 14.2. The Kier molecular flexibility index (Phi) is 5.89. The molecule has 1 aromatic heterocycles. The van der Waals surface area contributed by atoms with Gasteiger partial charge in [-0.3, -0.25) is 9.78 Å². The number of halogens is 1. The Hall–Kier alpha value is -1.52. The van der Waals surface area contributed by atoms with E-state index in [1.165, 1.54) is 11.8 Å². The SMILES string of the molecule is O=C(CSc1ccncc1)NCCc1ccc(Cl)cc1. The van der Waals surface area contributed by atoms with Gasteiger partial charge in [0.1, 0.15) is 0 Å². The molecule has 104 valence electrons. The van der Waals surface area contributed by atoms with Crippen LogP contribution in [0.3, 0.4) is 0 Å². The van der Waals surface area contributed by atoms with Crippen LogP contribution in [0.5, 0.6) is 0 Å². The van der Waals surface area contributed by atoms with Gasteiger partial charge in [0.05, 0.1) is 5.75 Å². The molecule has 1 N–H and O–H groups in total. The Morgan fingerprint density at radius 3 is 2.55 bits per heavy atom. The van der Waals surface area contributed by atoms with Crippen molar-refractivity contribution in [3.05, 3.63) is 59.4 Å². The molecule has 1 heterocycles. The van der Waals surface area contributed by atoms with Gasteiger partial charge in [-0.05, 0) is 36.2 Å². The lowest BCUT2D eigenvalue weighted by molar-refractivity contribution is -0.118. The second kappa shape index (κ2) is 7.92. The van der Waals surface area contributed by atoms with Crippen molar-refractivity contribution in [2.24, 2.45) is 0 Å². The molecule has 0 atom stereocenters. The molecule has 0 saturated carbocycles. The van der Waals surface area contributed by atoms with Gasteiger partial charge in [0, 0.05) is 28.9 Å². The van der Waals surface area contributed by atoms with E-state index in [0.717, 1.165) is 21.9 Å². The summed E-state index contributed by atoms with van der Waals surface area (Å²) >= 11 is 7.33. The Morgan fingerprint density at radius 1 is 1.15 bits per heavy atom. The summed E-state index contributed by atoms with van der Waals surface area (Å²) in [6.45, 7) is 0.636. The first-order valence-corrected chi connectivity index (χ1v) is 7.64. The standard InChI is InChI=1S/C15H15ClN2OS/c16-13-3-1-12(2-4-13)5-10-18-15(19)11-20-14-6-8-17-9-7-14/h1-4,6-9H,5,10-11H2,(H,18,19). The summed E-state index contributed by atoms with van der Waals surface area (Å²) in [4.78, 5) is 16.7. The fourth-order valence-electron chi connectivity index (χ4n) is 1.63. The number of pyridine rings is 1. The highest BCUT2D eigenvalue weighted by molar-refractivity contribution is 8.00. The van der Waals surface area contributed by atoms with Gasteiger partial charge in [-0.15, -0.1) is 11.8 Å². The molecule has 0 bridgehead atoms. The number of nitrogens with zero attached hydrogens (tertiary/aromatic N) is 1. The predicted molar refractivity (Wildman–Crippen MR) is 83.1 cm³/mol. The minimum Gasteiger partial charge on any atom is -0.355 e. The average molecular weight is 307 g/mol. The summed E-state index contributed by atoms with van der Waals surface area (Å²) in [5, 5.41) is 3.64.